The summed E-state index contributed by atoms with van der Waals surface area (Å²) in [4.78, 5) is 23.5. The lowest BCUT2D eigenvalue weighted by molar-refractivity contribution is 0.109. The quantitative estimate of drug-likeness (QED) is 0.734. The Hall–Kier alpha value is -1.24. The summed E-state index contributed by atoms with van der Waals surface area (Å²) in [5.41, 5.74) is 6.20. The number of likely N-dealkylation sites (N-methyl/N-ethyl adjacent to an activating group) is 2. The summed E-state index contributed by atoms with van der Waals surface area (Å²) < 4.78 is 0. The third-order valence-electron chi connectivity index (χ3n) is 3.38. The SMILES string of the molecule is CN1CCN(C)C(c2nc(CCN)cc(=O)[nH]2)C1. The van der Waals surface area contributed by atoms with Gasteiger partial charge in [0.05, 0.1) is 6.04 Å². The zero-order valence-corrected chi connectivity index (χ0v) is 11.0. The van der Waals surface area contributed by atoms with Crippen LogP contribution in [0.5, 0.6) is 0 Å². The Labute approximate surface area is 107 Å². The molecule has 6 nitrogen and oxygen atoms in total. The third-order valence-corrected chi connectivity index (χ3v) is 3.38. The highest BCUT2D eigenvalue weighted by Crippen LogP contribution is 2.19. The van der Waals surface area contributed by atoms with E-state index in [0.29, 0.717) is 13.0 Å². The summed E-state index contributed by atoms with van der Waals surface area (Å²) in [5, 5.41) is 0. The standard InChI is InChI=1S/C12H21N5O/c1-16-5-6-17(2)10(8-16)12-14-9(3-4-13)7-11(18)15-12/h7,10H,3-6,8,13H2,1-2H3,(H,14,15,18). The summed E-state index contributed by atoms with van der Waals surface area (Å²) in [7, 11) is 4.15. The molecule has 18 heavy (non-hydrogen) atoms. The predicted octanol–water partition coefficient (Wildman–Crippen LogP) is -0.811. The predicted molar refractivity (Wildman–Crippen MR) is 70.5 cm³/mol. The lowest BCUT2D eigenvalue weighted by Gasteiger charge is -2.36. The van der Waals surface area contributed by atoms with Crippen molar-refractivity contribution < 1.29 is 0 Å². The average Bonchev–Trinajstić information content (AvgIpc) is 2.32. The van der Waals surface area contributed by atoms with Crippen LogP contribution in [0.15, 0.2) is 10.9 Å². The fourth-order valence-corrected chi connectivity index (χ4v) is 2.27. The molecule has 2 heterocycles. The van der Waals surface area contributed by atoms with E-state index < -0.39 is 0 Å². The summed E-state index contributed by atoms with van der Waals surface area (Å²) in [6.45, 7) is 3.41. The first-order chi connectivity index (χ1) is 8.60. The lowest BCUT2D eigenvalue weighted by atomic mass is 10.1. The molecule has 3 N–H and O–H groups in total. The summed E-state index contributed by atoms with van der Waals surface area (Å²) in [5.74, 6) is 0.750. The molecule has 1 fully saturated rings. The van der Waals surface area contributed by atoms with Crippen molar-refractivity contribution in [2.75, 3.05) is 40.3 Å². The van der Waals surface area contributed by atoms with Crippen molar-refractivity contribution in [1.29, 1.82) is 0 Å². The average molecular weight is 251 g/mol. The van der Waals surface area contributed by atoms with Crippen LogP contribution in [0, 0.1) is 0 Å². The maximum absolute atomic E-state index is 11.6. The van der Waals surface area contributed by atoms with Crippen molar-refractivity contribution in [2.24, 2.45) is 5.73 Å². The van der Waals surface area contributed by atoms with Gasteiger partial charge in [0, 0.05) is 37.8 Å². The van der Waals surface area contributed by atoms with Crippen molar-refractivity contribution in [1.82, 2.24) is 19.8 Å². The van der Waals surface area contributed by atoms with E-state index in [9.17, 15) is 4.79 Å². The molecule has 1 atom stereocenters. The van der Waals surface area contributed by atoms with Crippen LogP contribution in [-0.4, -0.2) is 60.0 Å². The van der Waals surface area contributed by atoms with Gasteiger partial charge in [0.1, 0.15) is 5.82 Å². The fraction of sp³-hybridized carbons (Fsp3) is 0.667. The smallest absolute Gasteiger partial charge is 0.251 e. The van der Waals surface area contributed by atoms with E-state index >= 15 is 0 Å². The van der Waals surface area contributed by atoms with Gasteiger partial charge in [0.15, 0.2) is 0 Å². The zero-order chi connectivity index (χ0) is 13.1. The van der Waals surface area contributed by atoms with E-state index in [1.807, 2.05) is 0 Å². The van der Waals surface area contributed by atoms with Crippen LogP contribution < -0.4 is 11.3 Å². The Morgan fingerprint density at radius 1 is 1.50 bits per heavy atom. The van der Waals surface area contributed by atoms with Crippen LogP contribution in [0.1, 0.15) is 17.6 Å². The molecule has 1 saturated heterocycles. The molecule has 0 aliphatic carbocycles. The van der Waals surface area contributed by atoms with Gasteiger partial charge in [0.25, 0.3) is 5.56 Å². The van der Waals surface area contributed by atoms with Crippen LogP contribution >= 0.6 is 0 Å². The number of rotatable bonds is 3. The summed E-state index contributed by atoms with van der Waals surface area (Å²) in [6, 6.07) is 1.68. The van der Waals surface area contributed by atoms with E-state index in [-0.39, 0.29) is 11.6 Å². The molecule has 0 amide bonds. The second kappa shape index (κ2) is 5.60. The van der Waals surface area contributed by atoms with E-state index in [0.717, 1.165) is 31.2 Å². The summed E-state index contributed by atoms with van der Waals surface area (Å²) in [6.07, 6.45) is 0.642. The van der Waals surface area contributed by atoms with Crippen LogP contribution in [0.4, 0.5) is 0 Å². The Balaban J connectivity index is 2.28. The fourth-order valence-electron chi connectivity index (χ4n) is 2.27. The highest BCUT2D eigenvalue weighted by molar-refractivity contribution is 5.07. The molecule has 0 spiro atoms. The Morgan fingerprint density at radius 3 is 3.00 bits per heavy atom. The maximum atomic E-state index is 11.6. The molecule has 2 rings (SSSR count). The van der Waals surface area contributed by atoms with Gasteiger partial charge < -0.3 is 15.6 Å². The van der Waals surface area contributed by atoms with Crippen molar-refractivity contribution >= 4 is 0 Å². The van der Waals surface area contributed by atoms with Gasteiger partial charge >= 0.3 is 0 Å². The van der Waals surface area contributed by atoms with Crippen LogP contribution in [0.2, 0.25) is 0 Å². The van der Waals surface area contributed by atoms with E-state index in [1.54, 1.807) is 0 Å². The van der Waals surface area contributed by atoms with Gasteiger partial charge in [-0.2, -0.15) is 0 Å². The van der Waals surface area contributed by atoms with Crippen molar-refractivity contribution in [3.8, 4) is 0 Å². The number of aromatic amines is 1. The number of H-pyrrole nitrogens is 1. The van der Waals surface area contributed by atoms with Gasteiger partial charge in [-0.3, -0.25) is 9.69 Å². The molecule has 1 aliphatic heterocycles. The number of hydrogen-bond acceptors (Lipinski definition) is 5. The molecule has 6 heteroatoms. The van der Waals surface area contributed by atoms with Crippen LogP contribution in [0.3, 0.4) is 0 Å². The van der Waals surface area contributed by atoms with Crippen molar-refractivity contribution in [2.45, 2.75) is 12.5 Å². The molecule has 0 bridgehead atoms. The molecule has 1 aliphatic rings. The molecule has 0 aromatic carbocycles. The summed E-state index contributed by atoms with van der Waals surface area (Å²) >= 11 is 0. The maximum Gasteiger partial charge on any atom is 0.251 e. The first-order valence-corrected chi connectivity index (χ1v) is 6.29. The number of nitrogens with zero attached hydrogens (tertiary/aromatic N) is 3. The van der Waals surface area contributed by atoms with Crippen LogP contribution in [-0.2, 0) is 6.42 Å². The first-order valence-electron chi connectivity index (χ1n) is 6.29. The molecule has 1 aromatic rings. The van der Waals surface area contributed by atoms with Gasteiger partial charge in [-0.05, 0) is 20.6 Å². The van der Waals surface area contributed by atoms with E-state index in [2.05, 4.69) is 33.9 Å². The molecular formula is C12H21N5O. The van der Waals surface area contributed by atoms with Gasteiger partial charge in [0.2, 0.25) is 0 Å². The van der Waals surface area contributed by atoms with Gasteiger partial charge in [-0.1, -0.05) is 0 Å². The first kappa shape index (κ1) is 13.2. The van der Waals surface area contributed by atoms with E-state index in [1.165, 1.54) is 6.07 Å². The molecular weight excluding hydrogens is 230 g/mol. The molecule has 1 aromatic heterocycles. The second-order valence-electron chi connectivity index (χ2n) is 4.92. The number of piperazine rings is 1. The zero-order valence-electron chi connectivity index (χ0n) is 11.0. The minimum Gasteiger partial charge on any atom is -0.330 e. The number of aromatic nitrogens is 2. The monoisotopic (exact) mass is 251 g/mol. The lowest BCUT2D eigenvalue weighted by Crippen LogP contribution is -2.45. The van der Waals surface area contributed by atoms with Gasteiger partial charge in [-0.25, -0.2) is 4.98 Å². The number of nitrogens with one attached hydrogen (secondary N) is 1. The highest BCUT2D eigenvalue weighted by atomic mass is 16.1. The van der Waals surface area contributed by atoms with E-state index in [4.69, 9.17) is 5.73 Å². The molecule has 0 saturated carbocycles. The van der Waals surface area contributed by atoms with Crippen molar-refractivity contribution in [3.05, 3.63) is 27.9 Å². The second-order valence-corrected chi connectivity index (χ2v) is 4.92. The topological polar surface area (TPSA) is 78.2 Å². The molecule has 1 unspecified atom stereocenters. The minimum atomic E-state index is -0.0925. The van der Waals surface area contributed by atoms with Crippen LogP contribution in [0.25, 0.3) is 0 Å². The third kappa shape index (κ3) is 2.95. The molecule has 0 radical (unpaired) electrons. The molecule has 100 valence electrons. The number of nitrogens with two attached hydrogens (primary N) is 1. The Kier molecular flexibility index (Phi) is 4.11. The van der Waals surface area contributed by atoms with Gasteiger partial charge in [-0.15, -0.1) is 0 Å². The normalized spacial score (nSPS) is 22.3. The Bertz CT molecular complexity index is 458. The van der Waals surface area contributed by atoms with Crippen molar-refractivity contribution in [3.63, 3.8) is 0 Å². The number of hydrogen-bond donors (Lipinski definition) is 2. The minimum absolute atomic E-state index is 0.0925. The Morgan fingerprint density at radius 2 is 2.28 bits per heavy atom. The largest absolute Gasteiger partial charge is 0.330 e. The highest BCUT2D eigenvalue weighted by Gasteiger charge is 2.25.